The highest BCUT2D eigenvalue weighted by Gasteiger charge is 2.04. The summed E-state index contributed by atoms with van der Waals surface area (Å²) in [5, 5.41) is 0. The Bertz CT molecular complexity index is 370. The molecule has 0 aliphatic heterocycles. The van der Waals surface area contributed by atoms with Crippen LogP contribution in [0.3, 0.4) is 0 Å². The number of oxazole rings is 1. The Balaban J connectivity index is 2.55. The highest BCUT2D eigenvalue weighted by atomic mass is 16.3. The Labute approximate surface area is 69.1 Å². The maximum absolute atomic E-state index is 5.65. The van der Waals surface area contributed by atoms with E-state index in [1.54, 1.807) is 24.7 Å². The summed E-state index contributed by atoms with van der Waals surface area (Å²) in [5.41, 5.74) is 6.99. The minimum atomic E-state index is 0.523. The van der Waals surface area contributed by atoms with Crippen LogP contribution < -0.4 is 5.73 Å². The molecule has 0 bridgehead atoms. The fourth-order valence-corrected chi connectivity index (χ4v) is 0.958. The Kier molecular flexibility index (Phi) is 1.51. The predicted octanol–water partition coefficient (Wildman–Crippen LogP) is 1.32. The van der Waals surface area contributed by atoms with Crippen LogP contribution >= 0.6 is 0 Å². The van der Waals surface area contributed by atoms with Gasteiger partial charge in [0.25, 0.3) is 0 Å². The van der Waals surface area contributed by atoms with E-state index in [0.29, 0.717) is 11.6 Å². The smallest absolute Gasteiger partial charge is 0.228 e. The van der Waals surface area contributed by atoms with Crippen molar-refractivity contribution in [2.45, 2.75) is 0 Å². The molecule has 2 aromatic heterocycles. The molecule has 4 nitrogen and oxygen atoms in total. The molecule has 0 amide bonds. The molecule has 0 unspecified atom stereocenters. The summed E-state index contributed by atoms with van der Waals surface area (Å²) in [7, 11) is 0. The van der Waals surface area contributed by atoms with Crippen molar-refractivity contribution in [2.24, 2.45) is 0 Å². The maximum atomic E-state index is 5.65. The first kappa shape index (κ1) is 6.84. The summed E-state index contributed by atoms with van der Waals surface area (Å²) in [6, 6.07) is 1.77. The molecule has 0 aliphatic rings. The third-order valence-corrected chi connectivity index (χ3v) is 1.51. The van der Waals surface area contributed by atoms with Gasteiger partial charge in [-0.2, -0.15) is 0 Å². The predicted molar refractivity (Wildman–Crippen MR) is 44.1 cm³/mol. The van der Waals surface area contributed by atoms with Crippen LogP contribution in [0.25, 0.3) is 11.5 Å². The van der Waals surface area contributed by atoms with E-state index < -0.39 is 0 Å². The van der Waals surface area contributed by atoms with Gasteiger partial charge in [0, 0.05) is 6.20 Å². The number of rotatable bonds is 1. The molecule has 12 heavy (non-hydrogen) atoms. The normalized spacial score (nSPS) is 10.0. The van der Waals surface area contributed by atoms with E-state index in [9.17, 15) is 0 Å². The van der Waals surface area contributed by atoms with Gasteiger partial charge in [0.1, 0.15) is 6.26 Å². The SMILES string of the molecule is Nc1cnccc1-c1ncco1. The molecular formula is C8H7N3O. The Morgan fingerprint density at radius 3 is 2.92 bits per heavy atom. The van der Waals surface area contributed by atoms with E-state index in [1.165, 1.54) is 6.26 Å². The number of nitrogens with zero attached hydrogens (tertiary/aromatic N) is 2. The van der Waals surface area contributed by atoms with E-state index in [-0.39, 0.29) is 0 Å². The monoisotopic (exact) mass is 161 g/mol. The molecule has 0 spiro atoms. The van der Waals surface area contributed by atoms with E-state index in [1.807, 2.05) is 0 Å². The van der Waals surface area contributed by atoms with Gasteiger partial charge in [-0.05, 0) is 6.07 Å². The van der Waals surface area contributed by atoms with Gasteiger partial charge in [0.05, 0.1) is 23.6 Å². The molecule has 0 atom stereocenters. The van der Waals surface area contributed by atoms with Crippen molar-refractivity contribution in [3.63, 3.8) is 0 Å². The Morgan fingerprint density at radius 2 is 2.25 bits per heavy atom. The summed E-state index contributed by atoms with van der Waals surface area (Å²) in [4.78, 5) is 7.83. The summed E-state index contributed by atoms with van der Waals surface area (Å²) in [6.45, 7) is 0. The van der Waals surface area contributed by atoms with Crippen molar-refractivity contribution in [3.8, 4) is 11.5 Å². The van der Waals surface area contributed by atoms with Gasteiger partial charge in [-0.3, -0.25) is 4.98 Å². The number of nitrogens with two attached hydrogens (primary N) is 1. The minimum absolute atomic E-state index is 0.523. The molecule has 2 N–H and O–H groups in total. The van der Waals surface area contributed by atoms with Gasteiger partial charge in [0.2, 0.25) is 5.89 Å². The van der Waals surface area contributed by atoms with Crippen LogP contribution in [0, 0.1) is 0 Å². The van der Waals surface area contributed by atoms with E-state index in [4.69, 9.17) is 10.2 Å². The van der Waals surface area contributed by atoms with Gasteiger partial charge >= 0.3 is 0 Å². The molecule has 0 radical (unpaired) electrons. The van der Waals surface area contributed by atoms with Crippen LogP contribution in [-0.4, -0.2) is 9.97 Å². The molecule has 0 fully saturated rings. The highest BCUT2D eigenvalue weighted by molar-refractivity contribution is 5.68. The van der Waals surface area contributed by atoms with Crippen molar-refractivity contribution < 1.29 is 4.42 Å². The second-order valence-electron chi connectivity index (χ2n) is 2.30. The molecular weight excluding hydrogens is 154 g/mol. The van der Waals surface area contributed by atoms with Crippen molar-refractivity contribution in [1.29, 1.82) is 0 Å². The number of hydrogen-bond donors (Lipinski definition) is 1. The third kappa shape index (κ3) is 1.03. The first-order valence-electron chi connectivity index (χ1n) is 3.47. The average molecular weight is 161 g/mol. The summed E-state index contributed by atoms with van der Waals surface area (Å²) in [6.07, 6.45) is 6.31. The molecule has 2 aromatic rings. The van der Waals surface area contributed by atoms with Crippen LogP contribution in [0.15, 0.2) is 35.3 Å². The van der Waals surface area contributed by atoms with Crippen LogP contribution in [-0.2, 0) is 0 Å². The van der Waals surface area contributed by atoms with E-state index in [2.05, 4.69) is 9.97 Å². The quantitative estimate of drug-likeness (QED) is 0.685. The van der Waals surface area contributed by atoms with E-state index in [0.717, 1.165) is 5.56 Å². The highest BCUT2D eigenvalue weighted by Crippen LogP contribution is 2.21. The topological polar surface area (TPSA) is 64.9 Å². The lowest BCUT2D eigenvalue weighted by Gasteiger charge is -1.97. The number of nitrogen functional groups attached to an aromatic ring is 1. The van der Waals surface area contributed by atoms with E-state index >= 15 is 0 Å². The standard InChI is InChI=1S/C8H7N3O/c9-7-5-10-2-1-6(7)8-11-3-4-12-8/h1-5H,9H2. The molecule has 4 heteroatoms. The fraction of sp³-hybridized carbons (Fsp3) is 0. The zero-order valence-corrected chi connectivity index (χ0v) is 6.27. The third-order valence-electron chi connectivity index (χ3n) is 1.51. The number of pyridine rings is 1. The molecule has 0 saturated heterocycles. The first-order chi connectivity index (χ1) is 5.88. The number of anilines is 1. The fourth-order valence-electron chi connectivity index (χ4n) is 0.958. The number of hydrogen-bond acceptors (Lipinski definition) is 4. The lowest BCUT2D eigenvalue weighted by atomic mass is 10.2. The molecule has 60 valence electrons. The van der Waals surface area contributed by atoms with Gasteiger partial charge < -0.3 is 10.2 Å². The minimum Gasteiger partial charge on any atom is -0.444 e. The summed E-state index contributed by atoms with van der Waals surface area (Å²) < 4.78 is 5.08. The van der Waals surface area contributed by atoms with Crippen LogP contribution in [0.1, 0.15) is 0 Å². The Hall–Kier alpha value is -1.84. The zero-order chi connectivity index (χ0) is 8.39. The molecule has 0 aliphatic carbocycles. The summed E-state index contributed by atoms with van der Waals surface area (Å²) >= 11 is 0. The van der Waals surface area contributed by atoms with Gasteiger partial charge in [0.15, 0.2) is 0 Å². The Morgan fingerprint density at radius 1 is 1.33 bits per heavy atom. The van der Waals surface area contributed by atoms with Crippen molar-refractivity contribution in [2.75, 3.05) is 5.73 Å². The van der Waals surface area contributed by atoms with Crippen LogP contribution in [0.5, 0.6) is 0 Å². The number of aromatic nitrogens is 2. The van der Waals surface area contributed by atoms with Crippen LogP contribution in [0.2, 0.25) is 0 Å². The second-order valence-corrected chi connectivity index (χ2v) is 2.30. The van der Waals surface area contributed by atoms with Crippen molar-refractivity contribution in [1.82, 2.24) is 9.97 Å². The van der Waals surface area contributed by atoms with Crippen molar-refractivity contribution >= 4 is 5.69 Å². The van der Waals surface area contributed by atoms with Crippen molar-refractivity contribution in [3.05, 3.63) is 30.9 Å². The maximum Gasteiger partial charge on any atom is 0.228 e. The molecule has 0 saturated carbocycles. The average Bonchev–Trinajstić information content (AvgIpc) is 2.57. The second kappa shape index (κ2) is 2.65. The lowest BCUT2D eigenvalue weighted by Crippen LogP contribution is -1.90. The largest absolute Gasteiger partial charge is 0.444 e. The summed E-state index contributed by atoms with van der Waals surface area (Å²) in [5.74, 6) is 0.523. The molecule has 2 rings (SSSR count). The van der Waals surface area contributed by atoms with Gasteiger partial charge in [-0.25, -0.2) is 4.98 Å². The van der Waals surface area contributed by atoms with Gasteiger partial charge in [-0.15, -0.1) is 0 Å². The molecule has 2 heterocycles. The van der Waals surface area contributed by atoms with Crippen LogP contribution in [0.4, 0.5) is 5.69 Å². The zero-order valence-electron chi connectivity index (χ0n) is 6.27. The van der Waals surface area contributed by atoms with Gasteiger partial charge in [-0.1, -0.05) is 0 Å². The first-order valence-corrected chi connectivity index (χ1v) is 3.47. The lowest BCUT2D eigenvalue weighted by molar-refractivity contribution is 0.575. The molecule has 0 aromatic carbocycles.